The fourth-order valence-electron chi connectivity index (χ4n) is 3.04. The molecule has 3 heterocycles. The Hall–Kier alpha value is -1.72. The topological polar surface area (TPSA) is 93.3 Å². The summed E-state index contributed by atoms with van der Waals surface area (Å²) < 4.78 is 31.3. The third-order valence-corrected chi connectivity index (χ3v) is 7.54. The Morgan fingerprint density at radius 2 is 1.89 bits per heavy atom. The molecule has 0 spiro atoms. The van der Waals surface area contributed by atoms with Crippen molar-refractivity contribution in [3.8, 4) is 0 Å². The summed E-state index contributed by atoms with van der Waals surface area (Å²) in [5.41, 5.74) is 1.38. The molecule has 1 amide bonds. The van der Waals surface area contributed by atoms with Crippen LogP contribution in [-0.4, -0.2) is 69.3 Å². The Kier molecular flexibility index (Phi) is 5.73. The smallest absolute Gasteiger partial charge is 0.246 e. The molecule has 27 heavy (non-hydrogen) atoms. The number of hydrogen-bond acceptors (Lipinski definition) is 5. The van der Waals surface area contributed by atoms with Crippen LogP contribution in [0.3, 0.4) is 0 Å². The van der Waals surface area contributed by atoms with Gasteiger partial charge >= 0.3 is 0 Å². The molecule has 1 aliphatic heterocycles. The molecule has 9 nitrogen and oxygen atoms in total. The summed E-state index contributed by atoms with van der Waals surface area (Å²) in [5.74, 6) is -0.0688. The van der Waals surface area contributed by atoms with Crippen LogP contribution < -0.4 is 0 Å². The van der Waals surface area contributed by atoms with Gasteiger partial charge in [0.1, 0.15) is 11.4 Å². The van der Waals surface area contributed by atoms with E-state index in [9.17, 15) is 13.2 Å². The molecule has 0 aliphatic carbocycles. The fourth-order valence-corrected chi connectivity index (χ4v) is 4.93. The quantitative estimate of drug-likeness (QED) is 0.666. The normalized spacial score (nSPS) is 16.1. The fraction of sp³-hybridized carbons (Fsp3) is 0.562. The first kappa shape index (κ1) is 20.0. The molecule has 3 rings (SSSR count). The van der Waals surface area contributed by atoms with Crippen molar-refractivity contribution < 1.29 is 13.2 Å². The number of aromatic nitrogens is 4. The van der Waals surface area contributed by atoms with E-state index >= 15 is 0 Å². The highest BCUT2D eigenvalue weighted by Gasteiger charge is 2.32. The van der Waals surface area contributed by atoms with Gasteiger partial charge in [0.2, 0.25) is 15.9 Å². The van der Waals surface area contributed by atoms with E-state index in [0.29, 0.717) is 25.3 Å². The van der Waals surface area contributed by atoms with Gasteiger partial charge < -0.3 is 4.90 Å². The predicted octanol–water partition coefficient (Wildman–Crippen LogP) is 1.01. The number of sulfonamides is 1. The molecule has 0 bridgehead atoms. The van der Waals surface area contributed by atoms with Crippen LogP contribution in [0.25, 0.3) is 0 Å². The molecule has 11 heteroatoms. The minimum Gasteiger partial charge on any atom is -0.338 e. The summed E-state index contributed by atoms with van der Waals surface area (Å²) in [7, 11) is -3.61. The van der Waals surface area contributed by atoms with Crippen LogP contribution in [0.2, 0.25) is 0 Å². The number of amides is 1. The van der Waals surface area contributed by atoms with Crippen LogP contribution >= 0.6 is 15.9 Å². The highest BCUT2D eigenvalue weighted by atomic mass is 79.9. The molecule has 148 valence electrons. The first-order chi connectivity index (χ1) is 12.7. The minimum atomic E-state index is -3.61. The molecule has 2 aromatic heterocycles. The standard InChI is InChI=1S/C16H23BrN6O3S/c1-4-21-10-15(12(2)19-21)27(25,26)22-7-5-20(6-8-22)16(24)11-23-13(3)14(17)9-18-23/h9-10H,4-8,11H2,1-3H3. The number of hydrogen-bond donors (Lipinski definition) is 0. The average molecular weight is 459 g/mol. The van der Waals surface area contributed by atoms with Gasteiger partial charge in [0.15, 0.2) is 0 Å². The molecule has 0 radical (unpaired) electrons. The van der Waals surface area contributed by atoms with Crippen LogP contribution in [0.1, 0.15) is 18.3 Å². The summed E-state index contributed by atoms with van der Waals surface area (Å²) >= 11 is 3.38. The molecule has 1 saturated heterocycles. The molecule has 2 aromatic rings. The minimum absolute atomic E-state index is 0.0688. The van der Waals surface area contributed by atoms with Gasteiger partial charge in [-0.15, -0.1) is 0 Å². The first-order valence-corrected chi connectivity index (χ1v) is 11.0. The number of rotatable bonds is 5. The van der Waals surface area contributed by atoms with Crippen LogP contribution in [-0.2, 0) is 27.9 Å². The third-order valence-electron chi connectivity index (χ3n) is 4.76. The van der Waals surface area contributed by atoms with E-state index in [0.717, 1.165) is 10.2 Å². The number of aryl methyl sites for hydroxylation is 2. The Bertz CT molecular complexity index is 944. The van der Waals surface area contributed by atoms with E-state index in [-0.39, 0.29) is 30.4 Å². The zero-order chi connectivity index (χ0) is 19.8. The Morgan fingerprint density at radius 1 is 1.22 bits per heavy atom. The Labute approximate surface area is 167 Å². The van der Waals surface area contributed by atoms with E-state index in [1.807, 2.05) is 13.8 Å². The zero-order valence-corrected chi connectivity index (χ0v) is 18.0. The van der Waals surface area contributed by atoms with Crippen molar-refractivity contribution in [2.75, 3.05) is 26.2 Å². The highest BCUT2D eigenvalue weighted by Crippen LogP contribution is 2.21. The van der Waals surface area contributed by atoms with E-state index < -0.39 is 10.0 Å². The second kappa shape index (κ2) is 7.72. The molecular formula is C16H23BrN6O3S. The maximum absolute atomic E-state index is 12.9. The Morgan fingerprint density at radius 3 is 2.41 bits per heavy atom. The summed E-state index contributed by atoms with van der Waals surface area (Å²) in [6.07, 6.45) is 3.23. The number of piperazine rings is 1. The first-order valence-electron chi connectivity index (χ1n) is 8.74. The van der Waals surface area contributed by atoms with Crippen LogP contribution in [0.4, 0.5) is 0 Å². The van der Waals surface area contributed by atoms with E-state index in [4.69, 9.17) is 0 Å². The lowest BCUT2D eigenvalue weighted by Gasteiger charge is -2.34. The number of nitrogens with zero attached hydrogens (tertiary/aromatic N) is 6. The number of carbonyl (C=O) groups is 1. The maximum Gasteiger partial charge on any atom is 0.246 e. The van der Waals surface area contributed by atoms with Gasteiger partial charge in [-0.05, 0) is 36.7 Å². The average Bonchev–Trinajstić information content (AvgIpc) is 3.19. The Balaban J connectivity index is 1.65. The van der Waals surface area contributed by atoms with E-state index in [1.165, 1.54) is 4.31 Å². The van der Waals surface area contributed by atoms with Crippen molar-refractivity contribution in [2.45, 2.75) is 38.8 Å². The van der Waals surface area contributed by atoms with Crippen molar-refractivity contribution in [1.82, 2.24) is 28.8 Å². The van der Waals surface area contributed by atoms with Gasteiger partial charge in [0, 0.05) is 38.9 Å². The van der Waals surface area contributed by atoms with E-state index in [1.54, 1.807) is 33.6 Å². The lowest BCUT2D eigenvalue weighted by Crippen LogP contribution is -2.51. The molecular weight excluding hydrogens is 436 g/mol. The molecule has 1 aliphatic rings. The maximum atomic E-state index is 12.9. The summed E-state index contributed by atoms with van der Waals surface area (Å²) in [4.78, 5) is 14.4. The van der Waals surface area contributed by atoms with Crippen molar-refractivity contribution >= 4 is 31.9 Å². The third kappa shape index (κ3) is 3.94. The summed E-state index contributed by atoms with van der Waals surface area (Å²) in [6.45, 7) is 7.51. The summed E-state index contributed by atoms with van der Waals surface area (Å²) in [6, 6.07) is 0. The monoisotopic (exact) mass is 458 g/mol. The van der Waals surface area contributed by atoms with Crippen molar-refractivity contribution in [3.63, 3.8) is 0 Å². The van der Waals surface area contributed by atoms with Crippen molar-refractivity contribution in [3.05, 3.63) is 28.3 Å². The number of halogens is 1. The summed E-state index contributed by atoms with van der Waals surface area (Å²) in [5, 5.41) is 8.39. The second-order valence-electron chi connectivity index (χ2n) is 6.45. The highest BCUT2D eigenvalue weighted by molar-refractivity contribution is 9.10. The predicted molar refractivity (Wildman–Crippen MR) is 103 cm³/mol. The van der Waals surface area contributed by atoms with E-state index in [2.05, 4.69) is 26.1 Å². The van der Waals surface area contributed by atoms with Gasteiger partial charge in [0.25, 0.3) is 0 Å². The van der Waals surface area contributed by atoms with Crippen LogP contribution in [0.15, 0.2) is 21.8 Å². The largest absolute Gasteiger partial charge is 0.338 e. The lowest BCUT2D eigenvalue weighted by molar-refractivity contribution is -0.133. The number of carbonyl (C=O) groups excluding carboxylic acids is 1. The van der Waals surface area contributed by atoms with Gasteiger partial charge in [0.05, 0.1) is 22.1 Å². The van der Waals surface area contributed by atoms with Gasteiger partial charge in [-0.2, -0.15) is 14.5 Å². The van der Waals surface area contributed by atoms with Gasteiger partial charge in [-0.3, -0.25) is 14.2 Å². The van der Waals surface area contributed by atoms with Crippen LogP contribution in [0.5, 0.6) is 0 Å². The molecule has 0 atom stereocenters. The van der Waals surface area contributed by atoms with Crippen molar-refractivity contribution in [2.24, 2.45) is 0 Å². The molecule has 0 saturated carbocycles. The molecule has 0 aromatic carbocycles. The zero-order valence-electron chi connectivity index (χ0n) is 15.6. The lowest BCUT2D eigenvalue weighted by atomic mass is 10.3. The van der Waals surface area contributed by atoms with Gasteiger partial charge in [-0.1, -0.05) is 0 Å². The van der Waals surface area contributed by atoms with Crippen LogP contribution in [0, 0.1) is 13.8 Å². The SMILES string of the molecule is CCn1cc(S(=O)(=O)N2CCN(C(=O)Cn3ncc(Br)c3C)CC2)c(C)n1. The van der Waals surface area contributed by atoms with Gasteiger partial charge in [-0.25, -0.2) is 8.42 Å². The molecule has 1 fully saturated rings. The second-order valence-corrected chi connectivity index (χ2v) is 9.22. The molecule has 0 unspecified atom stereocenters. The molecule has 0 N–H and O–H groups in total. The van der Waals surface area contributed by atoms with Crippen molar-refractivity contribution in [1.29, 1.82) is 0 Å².